The minimum absolute atomic E-state index is 0.0276. The predicted molar refractivity (Wildman–Crippen MR) is 73.2 cm³/mol. The first kappa shape index (κ1) is 14.1. The lowest BCUT2D eigenvalue weighted by Gasteiger charge is -2.04. The molecular weight excluding hydrogens is 260 g/mol. The molecule has 0 bridgehead atoms. The Morgan fingerprint density at radius 3 is 2.85 bits per heavy atom. The van der Waals surface area contributed by atoms with E-state index in [2.05, 4.69) is 15.5 Å². The van der Waals surface area contributed by atoms with Crippen molar-refractivity contribution in [1.29, 1.82) is 0 Å². The van der Waals surface area contributed by atoms with Gasteiger partial charge in [0, 0.05) is 25.1 Å². The summed E-state index contributed by atoms with van der Waals surface area (Å²) in [6, 6.07) is 6.73. The molecule has 0 fully saturated rings. The number of nitrogens with zero attached hydrogens (tertiary/aromatic N) is 3. The minimum atomic E-state index is -0.453. The minimum Gasteiger partial charge on any atom is -0.339 e. The van der Waals surface area contributed by atoms with Crippen LogP contribution in [0.25, 0.3) is 11.4 Å². The average molecular weight is 276 g/mol. The van der Waals surface area contributed by atoms with Gasteiger partial charge in [-0.15, -0.1) is 0 Å². The van der Waals surface area contributed by atoms with Crippen LogP contribution in [0.15, 0.2) is 28.8 Å². The second kappa shape index (κ2) is 6.25. The van der Waals surface area contributed by atoms with Crippen molar-refractivity contribution in [3.63, 3.8) is 0 Å². The Kier molecular flexibility index (Phi) is 4.41. The van der Waals surface area contributed by atoms with Crippen LogP contribution in [0, 0.1) is 10.1 Å². The monoisotopic (exact) mass is 276 g/mol. The van der Waals surface area contributed by atoms with Gasteiger partial charge in [0.25, 0.3) is 5.69 Å². The fraction of sp³-hybridized carbons (Fsp3) is 0.385. The lowest BCUT2D eigenvalue weighted by Crippen LogP contribution is -2.25. The van der Waals surface area contributed by atoms with Gasteiger partial charge in [0.15, 0.2) is 0 Å². The summed E-state index contributed by atoms with van der Waals surface area (Å²) in [6.45, 7) is 4.81. The highest BCUT2D eigenvalue weighted by molar-refractivity contribution is 5.67. The summed E-state index contributed by atoms with van der Waals surface area (Å²) in [7, 11) is 0. The van der Waals surface area contributed by atoms with E-state index in [4.69, 9.17) is 4.52 Å². The third-order valence-corrected chi connectivity index (χ3v) is 2.70. The summed E-state index contributed by atoms with van der Waals surface area (Å²) in [5, 5.41) is 18.0. The van der Waals surface area contributed by atoms with E-state index in [0.29, 0.717) is 23.9 Å². The van der Waals surface area contributed by atoms with Gasteiger partial charge in [-0.3, -0.25) is 10.1 Å². The average Bonchev–Trinajstić information content (AvgIpc) is 2.87. The molecule has 2 rings (SSSR count). The molecule has 1 aromatic carbocycles. The number of benzene rings is 1. The molecule has 0 aliphatic carbocycles. The van der Waals surface area contributed by atoms with E-state index >= 15 is 0 Å². The molecule has 0 aliphatic heterocycles. The highest BCUT2D eigenvalue weighted by Gasteiger charge is 2.18. The number of hydrogen-bond donors (Lipinski definition) is 1. The molecule has 2 aromatic rings. The molecule has 0 spiro atoms. The Labute approximate surface area is 116 Å². The number of nitro benzene ring substituents is 1. The number of aromatic nitrogens is 2. The first-order valence-electron chi connectivity index (χ1n) is 6.37. The van der Waals surface area contributed by atoms with Crippen LogP contribution in [0.1, 0.15) is 19.7 Å². The van der Waals surface area contributed by atoms with E-state index < -0.39 is 4.92 Å². The molecule has 20 heavy (non-hydrogen) atoms. The molecular formula is C13H16N4O3. The van der Waals surface area contributed by atoms with Gasteiger partial charge in [0.1, 0.15) is 5.56 Å². The maximum Gasteiger partial charge on any atom is 0.280 e. The third-order valence-electron chi connectivity index (χ3n) is 2.70. The number of nitrogens with one attached hydrogen (secondary N) is 1. The molecule has 0 saturated heterocycles. The Balaban J connectivity index is 2.15. The van der Waals surface area contributed by atoms with E-state index in [1.807, 2.05) is 13.8 Å². The Hall–Kier alpha value is -2.28. The second-order valence-corrected chi connectivity index (χ2v) is 4.64. The Bertz CT molecular complexity index is 595. The molecule has 1 heterocycles. The molecule has 7 nitrogen and oxygen atoms in total. The van der Waals surface area contributed by atoms with Gasteiger partial charge < -0.3 is 9.84 Å². The highest BCUT2D eigenvalue weighted by atomic mass is 16.6. The maximum absolute atomic E-state index is 11.0. The Morgan fingerprint density at radius 1 is 1.40 bits per heavy atom. The summed E-state index contributed by atoms with van der Waals surface area (Å²) in [4.78, 5) is 14.7. The zero-order valence-electron chi connectivity index (χ0n) is 11.4. The lowest BCUT2D eigenvalue weighted by atomic mass is 10.2. The van der Waals surface area contributed by atoms with Crippen molar-refractivity contribution < 1.29 is 9.45 Å². The lowest BCUT2D eigenvalue weighted by molar-refractivity contribution is -0.384. The van der Waals surface area contributed by atoms with Crippen LogP contribution in [0.2, 0.25) is 0 Å². The van der Waals surface area contributed by atoms with Crippen LogP contribution in [-0.2, 0) is 6.42 Å². The van der Waals surface area contributed by atoms with Crippen molar-refractivity contribution in [2.24, 2.45) is 0 Å². The van der Waals surface area contributed by atoms with Crippen LogP contribution in [-0.4, -0.2) is 27.7 Å². The van der Waals surface area contributed by atoms with E-state index in [9.17, 15) is 10.1 Å². The van der Waals surface area contributed by atoms with Gasteiger partial charge in [0.05, 0.1) is 4.92 Å². The molecule has 1 N–H and O–H groups in total. The summed E-state index contributed by atoms with van der Waals surface area (Å²) in [5.74, 6) is 0.711. The van der Waals surface area contributed by atoms with Crippen LogP contribution >= 0.6 is 0 Å². The van der Waals surface area contributed by atoms with Gasteiger partial charge in [-0.2, -0.15) is 4.98 Å². The summed E-state index contributed by atoms with van der Waals surface area (Å²) in [6.07, 6.45) is 0.589. The molecule has 0 amide bonds. The standard InChI is InChI=1S/C13H16N4O3/c1-9(2)14-8-7-12-15-13(16-20-12)10-5-3-4-6-11(10)17(18)19/h3-6,9,14H,7-8H2,1-2H3. The summed E-state index contributed by atoms with van der Waals surface area (Å²) in [5.41, 5.74) is 0.337. The van der Waals surface area contributed by atoms with Crippen molar-refractivity contribution in [2.75, 3.05) is 6.54 Å². The number of nitro groups is 1. The van der Waals surface area contributed by atoms with E-state index in [1.54, 1.807) is 18.2 Å². The van der Waals surface area contributed by atoms with Crippen LogP contribution < -0.4 is 5.32 Å². The fourth-order valence-electron chi connectivity index (χ4n) is 1.76. The molecule has 7 heteroatoms. The fourth-order valence-corrected chi connectivity index (χ4v) is 1.76. The number of para-hydroxylation sites is 1. The van der Waals surface area contributed by atoms with Gasteiger partial charge in [-0.1, -0.05) is 31.1 Å². The molecule has 106 valence electrons. The number of hydrogen-bond acceptors (Lipinski definition) is 6. The first-order valence-corrected chi connectivity index (χ1v) is 6.37. The number of rotatable bonds is 6. The van der Waals surface area contributed by atoms with Crippen LogP contribution in [0.5, 0.6) is 0 Å². The topological polar surface area (TPSA) is 94.1 Å². The first-order chi connectivity index (χ1) is 9.58. The van der Waals surface area contributed by atoms with Crippen molar-refractivity contribution in [2.45, 2.75) is 26.3 Å². The zero-order chi connectivity index (χ0) is 14.5. The summed E-state index contributed by atoms with van der Waals surface area (Å²) >= 11 is 0. The zero-order valence-corrected chi connectivity index (χ0v) is 11.4. The smallest absolute Gasteiger partial charge is 0.280 e. The summed E-state index contributed by atoms with van der Waals surface area (Å²) < 4.78 is 5.11. The molecule has 0 unspecified atom stereocenters. The van der Waals surface area contributed by atoms with E-state index in [-0.39, 0.29) is 11.5 Å². The van der Waals surface area contributed by atoms with Gasteiger partial charge in [-0.05, 0) is 6.07 Å². The molecule has 0 radical (unpaired) electrons. The normalized spacial score (nSPS) is 10.9. The van der Waals surface area contributed by atoms with E-state index in [1.165, 1.54) is 6.07 Å². The van der Waals surface area contributed by atoms with Crippen molar-refractivity contribution in [1.82, 2.24) is 15.5 Å². The molecule has 0 saturated carbocycles. The second-order valence-electron chi connectivity index (χ2n) is 4.64. The van der Waals surface area contributed by atoms with Gasteiger partial charge in [-0.25, -0.2) is 0 Å². The van der Waals surface area contributed by atoms with Crippen molar-refractivity contribution >= 4 is 5.69 Å². The molecule has 0 aliphatic rings. The quantitative estimate of drug-likeness (QED) is 0.642. The van der Waals surface area contributed by atoms with E-state index in [0.717, 1.165) is 6.54 Å². The predicted octanol–water partition coefficient (Wildman–Crippen LogP) is 2.19. The highest BCUT2D eigenvalue weighted by Crippen LogP contribution is 2.26. The van der Waals surface area contributed by atoms with Crippen molar-refractivity contribution in [3.05, 3.63) is 40.3 Å². The van der Waals surface area contributed by atoms with Crippen molar-refractivity contribution in [3.8, 4) is 11.4 Å². The third kappa shape index (κ3) is 3.39. The van der Waals surface area contributed by atoms with Gasteiger partial charge in [0.2, 0.25) is 11.7 Å². The van der Waals surface area contributed by atoms with Crippen LogP contribution in [0.3, 0.4) is 0 Å². The van der Waals surface area contributed by atoms with Crippen LogP contribution in [0.4, 0.5) is 5.69 Å². The Morgan fingerprint density at radius 2 is 2.15 bits per heavy atom. The molecule has 0 atom stereocenters. The molecule has 1 aromatic heterocycles. The maximum atomic E-state index is 11.0. The van der Waals surface area contributed by atoms with Gasteiger partial charge >= 0.3 is 0 Å². The SMILES string of the molecule is CC(C)NCCc1nc(-c2ccccc2[N+](=O)[O-])no1. The largest absolute Gasteiger partial charge is 0.339 e.